The number of fused-ring (bicyclic) bond motifs is 3. The molecule has 5 atom stereocenters. The molecule has 4 N–H and O–H groups in total. The number of H-pyrrole nitrogens is 1. The topological polar surface area (TPSA) is 175 Å². The van der Waals surface area contributed by atoms with Crippen LogP contribution in [-0.4, -0.2) is 101 Å². The standard InChI is InChI=1S/C47H56FN7O7/c1-25(2)39(52-45(59)61-7)43(57)54-19-9-10-37(54)42(56)50-31-16-18-33-32-17-15-29(20-34(32)47(5,6)35(33)22-31)27-11-13-28(14-12-27)36-23-49-41(51-36)38-21-30(48)24-55(38)44(58)40(26(3)4)53-46(60)62-8/h11-18,20,22-23,25-26,30,37-40H,9-10,19,21,24H2,1-8H3,(H,49,51)(H,50,56)(H,52,59)(H,53,60)/t30-,37-,38-,39-,40-/m0/s1. The number of imidazole rings is 1. The third-order valence-corrected chi connectivity index (χ3v) is 12.5. The lowest BCUT2D eigenvalue weighted by atomic mass is 9.81. The van der Waals surface area contributed by atoms with Crippen LogP contribution in [0.5, 0.6) is 0 Å². The van der Waals surface area contributed by atoms with Gasteiger partial charge in [0.25, 0.3) is 0 Å². The molecule has 2 aliphatic heterocycles. The summed E-state index contributed by atoms with van der Waals surface area (Å²) in [6.45, 7) is 12.0. The quantitative estimate of drug-likeness (QED) is 0.121. The fraction of sp³-hybridized carbons (Fsp3) is 0.447. The van der Waals surface area contributed by atoms with E-state index in [1.165, 1.54) is 19.1 Å². The summed E-state index contributed by atoms with van der Waals surface area (Å²) >= 11 is 0. The first-order valence-corrected chi connectivity index (χ1v) is 21.2. The molecule has 15 heteroatoms. The summed E-state index contributed by atoms with van der Waals surface area (Å²) in [5.41, 5.74) is 8.36. The number of ether oxygens (including phenoxy) is 2. The largest absolute Gasteiger partial charge is 0.453 e. The Kier molecular flexibility index (Phi) is 12.5. The van der Waals surface area contributed by atoms with Gasteiger partial charge in [0.2, 0.25) is 17.7 Å². The zero-order valence-electron chi connectivity index (χ0n) is 36.5. The number of methoxy groups -OCH3 is 2. The zero-order chi connectivity index (χ0) is 44.6. The Bertz CT molecular complexity index is 2360. The van der Waals surface area contributed by atoms with Gasteiger partial charge in [-0.2, -0.15) is 0 Å². The number of benzene rings is 3. The lowest BCUT2D eigenvalue weighted by Crippen LogP contribution is -2.54. The zero-order valence-corrected chi connectivity index (χ0v) is 36.5. The lowest BCUT2D eigenvalue weighted by Gasteiger charge is -2.30. The van der Waals surface area contributed by atoms with Gasteiger partial charge in [-0.25, -0.2) is 19.0 Å². The van der Waals surface area contributed by atoms with Crippen LogP contribution in [0.3, 0.4) is 0 Å². The van der Waals surface area contributed by atoms with Gasteiger partial charge in [0.1, 0.15) is 30.1 Å². The lowest BCUT2D eigenvalue weighted by molar-refractivity contribution is -0.139. The second-order valence-electron chi connectivity index (χ2n) is 17.6. The van der Waals surface area contributed by atoms with E-state index in [-0.39, 0.29) is 47.9 Å². The molecule has 2 saturated heterocycles. The van der Waals surface area contributed by atoms with Crippen molar-refractivity contribution in [3.05, 3.63) is 83.8 Å². The summed E-state index contributed by atoms with van der Waals surface area (Å²) in [6, 6.07) is 17.5. The first kappa shape index (κ1) is 43.8. The average Bonchev–Trinajstić information content (AvgIpc) is 4.07. The number of alkyl carbamates (subject to hydrolysis) is 2. The van der Waals surface area contributed by atoms with Crippen LogP contribution in [0.25, 0.3) is 33.5 Å². The molecule has 3 aliphatic rings. The van der Waals surface area contributed by atoms with Gasteiger partial charge < -0.3 is 40.2 Å². The summed E-state index contributed by atoms with van der Waals surface area (Å²) in [5, 5.41) is 8.30. The minimum atomic E-state index is -1.23. The molecule has 0 radical (unpaired) electrons. The molecule has 3 aromatic carbocycles. The number of hydrogen-bond acceptors (Lipinski definition) is 8. The van der Waals surface area contributed by atoms with Gasteiger partial charge in [-0.1, -0.05) is 84.0 Å². The fourth-order valence-electron chi connectivity index (χ4n) is 9.06. The van der Waals surface area contributed by atoms with Crippen molar-refractivity contribution in [2.24, 2.45) is 11.8 Å². The highest BCUT2D eigenvalue weighted by atomic mass is 19.1. The predicted molar refractivity (Wildman–Crippen MR) is 233 cm³/mol. The second-order valence-corrected chi connectivity index (χ2v) is 17.6. The third kappa shape index (κ3) is 8.49. The fourth-order valence-corrected chi connectivity index (χ4v) is 9.06. The SMILES string of the molecule is COC(=O)N[C@H](C(=O)N1CCC[C@H]1C(=O)Nc1ccc2c(c1)C(C)(C)c1cc(-c3ccc(-c4cnc([C@@H]5C[C@H](F)CN5C(=O)[C@@H](NC(=O)OC)C(C)C)[nH]4)cc3)ccc1-2)C(C)C. The molecule has 62 heavy (non-hydrogen) atoms. The van der Waals surface area contributed by atoms with Gasteiger partial charge >= 0.3 is 12.2 Å². The van der Waals surface area contributed by atoms with Crippen LogP contribution in [-0.2, 0) is 29.3 Å². The van der Waals surface area contributed by atoms with Crippen molar-refractivity contribution in [2.45, 2.75) is 96.6 Å². The summed E-state index contributed by atoms with van der Waals surface area (Å²) in [4.78, 5) is 75.8. The van der Waals surface area contributed by atoms with Crippen molar-refractivity contribution < 1.29 is 37.8 Å². The number of anilines is 1. The number of carbonyl (C=O) groups excluding carboxylic acids is 5. The molecule has 5 amide bonds. The highest BCUT2D eigenvalue weighted by molar-refractivity contribution is 5.99. The Morgan fingerprint density at radius 3 is 1.97 bits per heavy atom. The van der Waals surface area contributed by atoms with Crippen LogP contribution < -0.4 is 16.0 Å². The second kappa shape index (κ2) is 17.6. The highest BCUT2D eigenvalue weighted by Gasteiger charge is 2.43. The van der Waals surface area contributed by atoms with Crippen LogP contribution in [0.15, 0.2) is 66.9 Å². The number of likely N-dealkylation sites (tertiary alicyclic amines) is 2. The van der Waals surface area contributed by atoms with Crippen LogP contribution in [0.2, 0.25) is 0 Å². The normalized spacial score (nSPS) is 19.8. The van der Waals surface area contributed by atoms with E-state index in [1.807, 2.05) is 70.2 Å². The van der Waals surface area contributed by atoms with E-state index in [4.69, 9.17) is 9.47 Å². The summed E-state index contributed by atoms with van der Waals surface area (Å²) in [5.74, 6) is -0.934. The molecular formula is C47H56FN7O7. The third-order valence-electron chi connectivity index (χ3n) is 12.5. The van der Waals surface area contributed by atoms with Crippen molar-refractivity contribution in [2.75, 3.05) is 32.6 Å². The van der Waals surface area contributed by atoms with Crippen molar-refractivity contribution in [3.63, 3.8) is 0 Å². The van der Waals surface area contributed by atoms with E-state index in [9.17, 15) is 28.4 Å². The Hall–Kier alpha value is -6.25. The van der Waals surface area contributed by atoms with Crippen molar-refractivity contribution in [3.8, 4) is 33.5 Å². The van der Waals surface area contributed by atoms with E-state index in [2.05, 4.69) is 58.0 Å². The van der Waals surface area contributed by atoms with E-state index < -0.39 is 42.5 Å². The molecule has 7 rings (SSSR count). The number of amides is 5. The molecule has 328 valence electrons. The molecule has 0 spiro atoms. The van der Waals surface area contributed by atoms with E-state index in [0.29, 0.717) is 30.9 Å². The molecule has 1 aliphatic carbocycles. The number of alkyl halides is 1. The smallest absolute Gasteiger partial charge is 0.407 e. The van der Waals surface area contributed by atoms with Crippen molar-refractivity contribution in [1.82, 2.24) is 30.4 Å². The number of nitrogens with zero attached hydrogens (tertiary/aromatic N) is 3. The van der Waals surface area contributed by atoms with E-state index in [1.54, 1.807) is 11.1 Å². The monoisotopic (exact) mass is 849 g/mol. The number of rotatable bonds is 11. The Morgan fingerprint density at radius 2 is 1.35 bits per heavy atom. The minimum Gasteiger partial charge on any atom is -0.453 e. The number of nitrogens with one attached hydrogen (secondary N) is 4. The molecular weight excluding hydrogens is 794 g/mol. The number of aromatic nitrogens is 2. The predicted octanol–water partition coefficient (Wildman–Crippen LogP) is 7.35. The number of aromatic amines is 1. The maximum atomic E-state index is 14.8. The van der Waals surface area contributed by atoms with Gasteiger partial charge in [-0.15, -0.1) is 0 Å². The number of hydrogen-bond donors (Lipinski definition) is 4. The van der Waals surface area contributed by atoms with Crippen molar-refractivity contribution >= 4 is 35.6 Å². The Morgan fingerprint density at radius 1 is 0.790 bits per heavy atom. The highest BCUT2D eigenvalue weighted by Crippen LogP contribution is 2.50. The Labute approximate surface area is 361 Å². The molecule has 4 aromatic rings. The van der Waals surface area contributed by atoms with E-state index in [0.717, 1.165) is 44.6 Å². The minimum absolute atomic E-state index is 0.0917. The molecule has 0 unspecified atom stereocenters. The molecule has 14 nitrogen and oxygen atoms in total. The summed E-state index contributed by atoms with van der Waals surface area (Å²) in [7, 11) is 2.48. The number of carbonyl (C=O) groups is 5. The van der Waals surface area contributed by atoms with E-state index >= 15 is 0 Å². The molecule has 0 bridgehead atoms. The molecule has 2 fully saturated rings. The van der Waals surface area contributed by atoms with Crippen LogP contribution in [0, 0.1) is 11.8 Å². The molecule has 0 saturated carbocycles. The maximum absolute atomic E-state index is 14.8. The van der Waals surface area contributed by atoms with Gasteiger partial charge in [-0.3, -0.25) is 14.4 Å². The first-order chi connectivity index (χ1) is 29.5. The average molecular weight is 850 g/mol. The first-order valence-electron chi connectivity index (χ1n) is 21.2. The summed E-state index contributed by atoms with van der Waals surface area (Å²) in [6.07, 6.45) is 0.332. The van der Waals surface area contributed by atoms with Crippen LogP contribution in [0.4, 0.5) is 19.7 Å². The van der Waals surface area contributed by atoms with Crippen LogP contribution in [0.1, 0.15) is 83.8 Å². The van der Waals surface area contributed by atoms with Gasteiger partial charge in [0.15, 0.2) is 0 Å². The maximum Gasteiger partial charge on any atom is 0.407 e. The molecule has 3 heterocycles. The van der Waals surface area contributed by atoms with Crippen molar-refractivity contribution in [1.29, 1.82) is 0 Å². The Balaban J connectivity index is 1.04. The van der Waals surface area contributed by atoms with Gasteiger partial charge in [0.05, 0.1) is 38.7 Å². The number of halogens is 1. The van der Waals surface area contributed by atoms with Gasteiger partial charge in [0, 0.05) is 24.1 Å². The summed E-state index contributed by atoms with van der Waals surface area (Å²) < 4.78 is 24.3. The molecule has 1 aromatic heterocycles. The van der Waals surface area contributed by atoms with Crippen LogP contribution >= 0.6 is 0 Å². The van der Waals surface area contributed by atoms with Gasteiger partial charge in [-0.05, 0) is 81.8 Å².